The van der Waals surface area contributed by atoms with E-state index >= 15 is 0 Å². The number of hydrogen-bond donors (Lipinski definition) is 1. The van der Waals surface area contributed by atoms with E-state index in [2.05, 4.69) is 11.2 Å². The lowest BCUT2D eigenvalue weighted by Crippen LogP contribution is -2.63. The fraction of sp³-hybridized carbons (Fsp3) is 0.636. The minimum Gasteiger partial charge on any atom is -0.352 e. The minimum atomic E-state index is -0.760. The molecule has 0 aromatic carbocycles. The van der Waals surface area contributed by atoms with Crippen LogP contribution in [0, 0.1) is 12.3 Å². The zero-order chi connectivity index (χ0) is 11.5. The molecule has 0 radical (unpaired) electrons. The molecule has 0 saturated carbocycles. The van der Waals surface area contributed by atoms with Crippen molar-refractivity contribution in [1.82, 2.24) is 10.2 Å². The van der Waals surface area contributed by atoms with Crippen LogP contribution in [-0.4, -0.2) is 35.3 Å². The van der Waals surface area contributed by atoms with Gasteiger partial charge in [-0.1, -0.05) is 0 Å². The number of nitrogens with one attached hydrogen (secondary N) is 1. The first kappa shape index (κ1) is 11.6. The van der Waals surface area contributed by atoms with Crippen LogP contribution in [0.1, 0.15) is 26.7 Å². The van der Waals surface area contributed by atoms with E-state index in [0.29, 0.717) is 25.9 Å². The van der Waals surface area contributed by atoms with Gasteiger partial charge in [0, 0.05) is 25.9 Å². The topological polar surface area (TPSA) is 49.4 Å². The third-order valence-corrected chi connectivity index (χ3v) is 2.64. The van der Waals surface area contributed by atoms with Gasteiger partial charge in [0.25, 0.3) is 0 Å². The summed E-state index contributed by atoms with van der Waals surface area (Å²) in [5.74, 6) is 2.27. The van der Waals surface area contributed by atoms with Crippen LogP contribution >= 0.6 is 0 Å². The SMILES string of the molecule is C#CCCC(=O)N1CCNC(=O)C1(C)C. The van der Waals surface area contributed by atoms with Crippen molar-refractivity contribution in [2.45, 2.75) is 32.2 Å². The Labute approximate surface area is 90.0 Å². The molecule has 0 unspecified atom stereocenters. The number of amides is 2. The molecule has 0 spiro atoms. The Morgan fingerprint density at radius 2 is 2.33 bits per heavy atom. The smallest absolute Gasteiger partial charge is 0.245 e. The van der Waals surface area contributed by atoms with Crippen LogP contribution in [0.15, 0.2) is 0 Å². The fourth-order valence-corrected chi connectivity index (χ4v) is 1.65. The Morgan fingerprint density at radius 3 is 2.93 bits per heavy atom. The first-order valence-electron chi connectivity index (χ1n) is 5.02. The number of piperazine rings is 1. The second-order valence-electron chi connectivity index (χ2n) is 4.06. The molecule has 0 bridgehead atoms. The second kappa shape index (κ2) is 4.35. The Hall–Kier alpha value is -1.50. The molecular weight excluding hydrogens is 192 g/mol. The van der Waals surface area contributed by atoms with E-state index in [1.165, 1.54) is 0 Å². The molecule has 1 N–H and O–H groups in total. The number of carbonyl (C=O) groups excluding carboxylic acids is 2. The summed E-state index contributed by atoms with van der Waals surface area (Å²) in [5.41, 5.74) is -0.760. The lowest BCUT2D eigenvalue weighted by molar-refractivity contribution is -0.149. The lowest BCUT2D eigenvalue weighted by atomic mass is 9.98. The van der Waals surface area contributed by atoms with Crippen LogP contribution < -0.4 is 5.32 Å². The van der Waals surface area contributed by atoms with Crippen LogP contribution in [0.3, 0.4) is 0 Å². The summed E-state index contributed by atoms with van der Waals surface area (Å²) in [6.45, 7) is 4.57. The summed E-state index contributed by atoms with van der Waals surface area (Å²) < 4.78 is 0. The molecule has 0 aliphatic carbocycles. The highest BCUT2D eigenvalue weighted by atomic mass is 16.2. The quantitative estimate of drug-likeness (QED) is 0.656. The van der Waals surface area contributed by atoms with Crippen molar-refractivity contribution in [3.05, 3.63) is 0 Å². The molecule has 82 valence electrons. The van der Waals surface area contributed by atoms with Crippen molar-refractivity contribution in [3.63, 3.8) is 0 Å². The van der Waals surface area contributed by atoms with Gasteiger partial charge in [-0.3, -0.25) is 9.59 Å². The van der Waals surface area contributed by atoms with Crippen molar-refractivity contribution >= 4 is 11.8 Å². The molecule has 2 amide bonds. The lowest BCUT2D eigenvalue weighted by Gasteiger charge is -2.41. The van der Waals surface area contributed by atoms with Gasteiger partial charge in [0.15, 0.2) is 0 Å². The maximum Gasteiger partial charge on any atom is 0.245 e. The third kappa shape index (κ3) is 2.30. The molecule has 0 aromatic rings. The highest BCUT2D eigenvalue weighted by molar-refractivity contribution is 5.91. The molecule has 15 heavy (non-hydrogen) atoms. The van der Waals surface area contributed by atoms with Gasteiger partial charge in [-0.2, -0.15) is 0 Å². The minimum absolute atomic E-state index is 0.0483. The van der Waals surface area contributed by atoms with Gasteiger partial charge in [0.1, 0.15) is 5.54 Å². The second-order valence-corrected chi connectivity index (χ2v) is 4.06. The van der Waals surface area contributed by atoms with E-state index in [4.69, 9.17) is 6.42 Å². The molecule has 1 aliphatic rings. The summed E-state index contributed by atoms with van der Waals surface area (Å²) in [5, 5.41) is 2.74. The molecule has 4 nitrogen and oxygen atoms in total. The maximum atomic E-state index is 11.8. The number of rotatable bonds is 2. The summed E-state index contributed by atoms with van der Waals surface area (Å²) >= 11 is 0. The molecule has 0 aromatic heterocycles. The third-order valence-electron chi connectivity index (χ3n) is 2.64. The molecule has 1 rings (SSSR count). The first-order valence-corrected chi connectivity index (χ1v) is 5.02. The summed E-state index contributed by atoms with van der Waals surface area (Å²) in [6.07, 6.45) is 5.84. The molecular formula is C11H16N2O2. The van der Waals surface area contributed by atoms with Gasteiger partial charge in [-0.05, 0) is 13.8 Å². The van der Waals surface area contributed by atoms with Crippen LogP contribution in [0.2, 0.25) is 0 Å². The monoisotopic (exact) mass is 208 g/mol. The number of carbonyl (C=O) groups is 2. The van der Waals surface area contributed by atoms with Gasteiger partial charge in [-0.15, -0.1) is 12.3 Å². The normalized spacial score (nSPS) is 19.3. The molecule has 4 heteroatoms. The highest BCUT2D eigenvalue weighted by Gasteiger charge is 2.39. The highest BCUT2D eigenvalue weighted by Crippen LogP contribution is 2.18. The molecule has 0 atom stereocenters. The standard InChI is InChI=1S/C11H16N2O2/c1-4-5-6-9(14)13-8-7-12-10(15)11(13,2)3/h1H,5-8H2,2-3H3,(H,12,15). The Bertz CT molecular complexity index is 315. The van der Waals surface area contributed by atoms with E-state index in [1.807, 2.05) is 0 Å². The maximum absolute atomic E-state index is 11.8. The average Bonchev–Trinajstić information content (AvgIpc) is 2.18. The van der Waals surface area contributed by atoms with E-state index in [9.17, 15) is 9.59 Å². The van der Waals surface area contributed by atoms with E-state index in [1.54, 1.807) is 18.7 Å². The Balaban J connectivity index is 2.71. The molecule has 1 saturated heterocycles. The van der Waals surface area contributed by atoms with Gasteiger partial charge in [0.05, 0.1) is 0 Å². The largest absolute Gasteiger partial charge is 0.352 e. The van der Waals surface area contributed by atoms with E-state index < -0.39 is 5.54 Å². The number of terminal acetylenes is 1. The number of hydrogen-bond acceptors (Lipinski definition) is 2. The van der Waals surface area contributed by atoms with Gasteiger partial charge >= 0.3 is 0 Å². The van der Waals surface area contributed by atoms with Crippen molar-refractivity contribution in [2.75, 3.05) is 13.1 Å². The zero-order valence-corrected chi connectivity index (χ0v) is 9.17. The van der Waals surface area contributed by atoms with Crippen molar-refractivity contribution in [3.8, 4) is 12.3 Å². The van der Waals surface area contributed by atoms with E-state index in [0.717, 1.165) is 0 Å². The first-order chi connectivity index (χ1) is 7.00. The molecule has 1 heterocycles. The van der Waals surface area contributed by atoms with Gasteiger partial charge in [-0.25, -0.2) is 0 Å². The zero-order valence-electron chi connectivity index (χ0n) is 9.17. The predicted molar refractivity (Wildman–Crippen MR) is 56.9 cm³/mol. The van der Waals surface area contributed by atoms with Crippen LogP contribution in [-0.2, 0) is 9.59 Å². The van der Waals surface area contributed by atoms with Crippen LogP contribution in [0.4, 0.5) is 0 Å². The predicted octanol–water partition coefficient (Wildman–Crippen LogP) is 0.137. The Kier molecular flexibility index (Phi) is 3.35. The Morgan fingerprint density at radius 1 is 1.67 bits per heavy atom. The number of nitrogens with zero attached hydrogens (tertiary/aromatic N) is 1. The van der Waals surface area contributed by atoms with Crippen molar-refractivity contribution < 1.29 is 9.59 Å². The molecule has 1 fully saturated rings. The van der Waals surface area contributed by atoms with Crippen molar-refractivity contribution in [2.24, 2.45) is 0 Å². The van der Waals surface area contributed by atoms with Crippen LogP contribution in [0.5, 0.6) is 0 Å². The summed E-state index contributed by atoms with van der Waals surface area (Å²) in [4.78, 5) is 24.9. The van der Waals surface area contributed by atoms with Crippen LogP contribution in [0.25, 0.3) is 0 Å². The van der Waals surface area contributed by atoms with Gasteiger partial charge < -0.3 is 10.2 Å². The van der Waals surface area contributed by atoms with E-state index in [-0.39, 0.29) is 11.8 Å². The fourth-order valence-electron chi connectivity index (χ4n) is 1.65. The summed E-state index contributed by atoms with van der Waals surface area (Å²) in [7, 11) is 0. The molecule has 1 aliphatic heterocycles. The van der Waals surface area contributed by atoms with Crippen molar-refractivity contribution in [1.29, 1.82) is 0 Å². The van der Waals surface area contributed by atoms with Gasteiger partial charge in [0.2, 0.25) is 11.8 Å². The average molecular weight is 208 g/mol. The summed E-state index contributed by atoms with van der Waals surface area (Å²) in [6, 6.07) is 0.